The molecule has 2 aromatic rings. The van der Waals surface area contributed by atoms with Crippen molar-refractivity contribution in [2.24, 2.45) is 0 Å². The number of aliphatic carboxylic acids is 1. The van der Waals surface area contributed by atoms with E-state index in [1.165, 1.54) is 23.1 Å². The van der Waals surface area contributed by atoms with E-state index in [1.807, 2.05) is 30.3 Å². The molecule has 18 heavy (non-hydrogen) atoms. The minimum Gasteiger partial charge on any atom is -0.481 e. The standard InChI is InChI=1S/C11H11N3O2S2/c15-9(16)6-7-17-11-14-13-10(18-11)12-8-4-2-1-3-5-8/h1-5H,6-7H2,(H,12,13)(H,15,16). The van der Waals surface area contributed by atoms with Crippen molar-refractivity contribution >= 4 is 39.9 Å². The maximum atomic E-state index is 10.4. The number of carbonyl (C=O) groups is 1. The number of aromatic nitrogens is 2. The fourth-order valence-corrected chi connectivity index (χ4v) is 2.96. The average Bonchev–Trinajstić information content (AvgIpc) is 2.78. The Balaban J connectivity index is 1.88. The number of rotatable bonds is 6. The van der Waals surface area contributed by atoms with Gasteiger partial charge in [0.2, 0.25) is 5.13 Å². The van der Waals surface area contributed by atoms with Crippen LogP contribution in [0.4, 0.5) is 10.8 Å². The lowest BCUT2D eigenvalue weighted by molar-refractivity contribution is -0.136. The summed E-state index contributed by atoms with van der Waals surface area (Å²) in [5.41, 5.74) is 0.954. The maximum Gasteiger partial charge on any atom is 0.304 e. The molecule has 0 bridgehead atoms. The molecule has 2 N–H and O–H groups in total. The van der Waals surface area contributed by atoms with Gasteiger partial charge in [-0.15, -0.1) is 10.2 Å². The number of nitrogens with one attached hydrogen (secondary N) is 1. The number of carboxylic acids is 1. The van der Waals surface area contributed by atoms with Crippen molar-refractivity contribution in [2.75, 3.05) is 11.1 Å². The van der Waals surface area contributed by atoms with Crippen LogP contribution in [0.2, 0.25) is 0 Å². The van der Waals surface area contributed by atoms with Gasteiger partial charge in [-0.05, 0) is 12.1 Å². The summed E-state index contributed by atoms with van der Waals surface area (Å²) in [6, 6.07) is 9.70. The third kappa shape index (κ3) is 4.01. The molecule has 94 valence electrons. The predicted octanol–water partition coefficient (Wildman–Crippen LogP) is 2.85. The van der Waals surface area contributed by atoms with Gasteiger partial charge >= 0.3 is 5.97 Å². The Kier molecular flexibility index (Phi) is 4.54. The van der Waals surface area contributed by atoms with Crippen LogP contribution in [0.1, 0.15) is 6.42 Å². The summed E-state index contributed by atoms with van der Waals surface area (Å²) in [5.74, 6) is -0.287. The molecular weight excluding hydrogens is 270 g/mol. The minimum absolute atomic E-state index is 0.131. The lowest BCUT2D eigenvalue weighted by Gasteiger charge is -1.99. The summed E-state index contributed by atoms with van der Waals surface area (Å²) < 4.78 is 0.773. The summed E-state index contributed by atoms with van der Waals surface area (Å²) in [5, 5.41) is 20.4. The summed E-state index contributed by atoms with van der Waals surface area (Å²) in [6.07, 6.45) is 0.131. The van der Waals surface area contributed by atoms with E-state index in [1.54, 1.807) is 0 Å². The van der Waals surface area contributed by atoms with Gasteiger partial charge in [0.15, 0.2) is 4.34 Å². The van der Waals surface area contributed by atoms with Crippen molar-refractivity contribution in [3.05, 3.63) is 30.3 Å². The molecular formula is C11H11N3O2S2. The molecule has 5 nitrogen and oxygen atoms in total. The van der Waals surface area contributed by atoms with Crippen LogP contribution in [0.15, 0.2) is 34.7 Å². The number of hydrogen-bond acceptors (Lipinski definition) is 6. The van der Waals surface area contributed by atoms with Gasteiger partial charge in [0.25, 0.3) is 0 Å². The van der Waals surface area contributed by atoms with Crippen LogP contribution < -0.4 is 5.32 Å². The molecule has 0 spiro atoms. The second kappa shape index (κ2) is 6.36. The molecule has 0 atom stereocenters. The molecule has 1 heterocycles. The number of benzene rings is 1. The molecule has 0 amide bonds. The number of thioether (sulfide) groups is 1. The highest BCUT2D eigenvalue weighted by Gasteiger charge is 2.06. The SMILES string of the molecule is O=C(O)CCSc1nnc(Nc2ccccc2)s1. The van der Waals surface area contributed by atoms with E-state index in [-0.39, 0.29) is 6.42 Å². The van der Waals surface area contributed by atoms with Crippen LogP contribution >= 0.6 is 23.1 Å². The normalized spacial score (nSPS) is 10.2. The van der Waals surface area contributed by atoms with E-state index in [9.17, 15) is 4.79 Å². The molecule has 1 aromatic heterocycles. The molecule has 0 radical (unpaired) electrons. The number of hydrogen-bond donors (Lipinski definition) is 2. The highest BCUT2D eigenvalue weighted by molar-refractivity contribution is 8.01. The van der Waals surface area contributed by atoms with Gasteiger partial charge in [0.1, 0.15) is 0 Å². The smallest absolute Gasteiger partial charge is 0.304 e. The summed E-state index contributed by atoms with van der Waals surface area (Å²) in [7, 11) is 0. The monoisotopic (exact) mass is 281 g/mol. The molecule has 0 aliphatic rings. The minimum atomic E-state index is -0.797. The van der Waals surface area contributed by atoms with Crippen molar-refractivity contribution in [3.8, 4) is 0 Å². The van der Waals surface area contributed by atoms with E-state index >= 15 is 0 Å². The van der Waals surface area contributed by atoms with Gasteiger partial charge in [0.05, 0.1) is 6.42 Å². The Morgan fingerprint density at radius 2 is 2.11 bits per heavy atom. The molecule has 0 aliphatic heterocycles. The first-order chi connectivity index (χ1) is 8.74. The maximum absolute atomic E-state index is 10.4. The van der Waals surface area contributed by atoms with Crippen molar-refractivity contribution in [3.63, 3.8) is 0 Å². The first kappa shape index (κ1) is 12.8. The highest BCUT2D eigenvalue weighted by atomic mass is 32.2. The van der Waals surface area contributed by atoms with Gasteiger partial charge in [0, 0.05) is 11.4 Å². The van der Waals surface area contributed by atoms with Crippen LogP contribution in [-0.4, -0.2) is 27.0 Å². The lowest BCUT2D eigenvalue weighted by atomic mass is 10.3. The van der Waals surface area contributed by atoms with Crippen LogP contribution in [0.3, 0.4) is 0 Å². The van der Waals surface area contributed by atoms with Crippen LogP contribution in [0.5, 0.6) is 0 Å². The van der Waals surface area contributed by atoms with Crippen molar-refractivity contribution in [1.29, 1.82) is 0 Å². The number of carboxylic acid groups (broad SMARTS) is 1. The lowest BCUT2D eigenvalue weighted by Crippen LogP contribution is -1.95. The highest BCUT2D eigenvalue weighted by Crippen LogP contribution is 2.27. The van der Waals surface area contributed by atoms with Gasteiger partial charge in [-0.1, -0.05) is 41.3 Å². The number of para-hydroxylation sites is 1. The average molecular weight is 281 g/mol. The Bertz CT molecular complexity index is 516. The Morgan fingerprint density at radius 1 is 1.33 bits per heavy atom. The second-order valence-electron chi connectivity index (χ2n) is 3.36. The zero-order valence-corrected chi connectivity index (χ0v) is 11.0. The molecule has 0 unspecified atom stereocenters. The van der Waals surface area contributed by atoms with Crippen LogP contribution in [0.25, 0.3) is 0 Å². The molecule has 0 saturated carbocycles. The third-order valence-corrected chi connectivity index (χ3v) is 3.95. The first-order valence-corrected chi connectivity index (χ1v) is 7.04. The second-order valence-corrected chi connectivity index (χ2v) is 5.68. The van der Waals surface area contributed by atoms with E-state index in [0.29, 0.717) is 10.9 Å². The van der Waals surface area contributed by atoms with Crippen molar-refractivity contribution < 1.29 is 9.90 Å². The van der Waals surface area contributed by atoms with Crippen LogP contribution in [0, 0.1) is 0 Å². The van der Waals surface area contributed by atoms with Gasteiger partial charge in [-0.3, -0.25) is 4.79 Å². The topological polar surface area (TPSA) is 75.1 Å². The summed E-state index contributed by atoms with van der Waals surface area (Å²) in [6.45, 7) is 0. The quantitative estimate of drug-likeness (QED) is 0.793. The molecule has 0 aliphatic carbocycles. The zero-order chi connectivity index (χ0) is 12.8. The van der Waals surface area contributed by atoms with E-state index in [4.69, 9.17) is 5.11 Å². The van der Waals surface area contributed by atoms with Gasteiger partial charge in [-0.2, -0.15) is 0 Å². The third-order valence-electron chi connectivity index (χ3n) is 1.97. The number of anilines is 2. The van der Waals surface area contributed by atoms with Gasteiger partial charge < -0.3 is 10.4 Å². The predicted molar refractivity (Wildman–Crippen MR) is 72.6 cm³/mol. The molecule has 2 rings (SSSR count). The Labute approximate surface area is 112 Å². The molecule has 0 fully saturated rings. The fraction of sp³-hybridized carbons (Fsp3) is 0.182. The molecule has 1 aromatic carbocycles. The van der Waals surface area contributed by atoms with E-state index < -0.39 is 5.97 Å². The fourth-order valence-electron chi connectivity index (χ4n) is 1.19. The largest absolute Gasteiger partial charge is 0.481 e. The van der Waals surface area contributed by atoms with E-state index in [0.717, 1.165) is 10.0 Å². The van der Waals surface area contributed by atoms with Crippen LogP contribution in [-0.2, 0) is 4.79 Å². The van der Waals surface area contributed by atoms with E-state index in [2.05, 4.69) is 15.5 Å². The summed E-state index contributed by atoms with van der Waals surface area (Å²) >= 11 is 2.82. The Hall–Kier alpha value is -1.60. The zero-order valence-electron chi connectivity index (χ0n) is 9.37. The summed E-state index contributed by atoms with van der Waals surface area (Å²) in [4.78, 5) is 10.4. The first-order valence-electron chi connectivity index (χ1n) is 5.24. The van der Waals surface area contributed by atoms with Gasteiger partial charge in [-0.25, -0.2) is 0 Å². The Morgan fingerprint density at radius 3 is 2.83 bits per heavy atom. The molecule has 0 saturated heterocycles. The van der Waals surface area contributed by atoms with Crippen molar-refractivity contribution in [1.82, 2.24) is 10.2 Å². The molecule has 7 heteroatoms. The van der Waals surface area contributed by atoms with Crippen molar-refractivity contribution in [2.45, 2.75) is 10.8 Å². The number of nitrogens with zero attached hydrogens (tertiary/aromatic N) is 2.